The number of furan rings is 1. The van der Waals surface area contributed by atoms with E-state index in [1.54, 1.807) is 0 Å². The summed E-state index contributed by atoms with van der Waals surface area (Å²) in [5, 5.41) is 0. The van der Waals surface area contributed by atoms with Gasteiger partial charge < -0.3 is 10.2 Å². The van der Waals surface area contributed by atoms with Crippen LogP contribution in [0.1, 0.15) is 19.5 Å². The Morgan fingerprint density at radius 1 is 1.37 bits per heavy atom. The second-order valence-corrected chi connectivity index (χ2v) is 7.18. The number of nitrogens with two attached hydrogens (primary N) is 1. The summed E-state index contributed by atoms with van der Waals surface area (Å²) < 4.78 is 7.90. The first-order valence-corrected chi connectivity index (χ1v) is 8.32. The minimum atomic E-state index is 0.491. The predicted octanol–water partition coefficient (Wildman–Crippen LogP) is 4.65. The molecular weight excluding hydrogens is 489 g/mol. The van der Waals surface area contributed by atoms with E-state index < -0.39 is 0 Å². The normalized spacial score (nSPS) is 11.3. The fraction of sp³-hybridized carbons (Fsp3) is 0.333. The second-order valence-electron chi connectivity index (χ2n) is 4.52. The van der Waals surface area contributed by atoms with Gasteiger partial charge in [0.1, 0.15) is 5.82 Å². The van der Waals surface area contributed by atoms with Crippen LogP contribution in [0.25, 0.3) is 11.6 Å². The number of hydrogen-bond donors (Lipinski definition) is 1. The van der Waals surface area contributed by atoms with E-state index in [2.05, 4.69) is 78.3 Å². The molecule has 0 atom stereocenters. The fourth-order valence-electron chi connectivity index (χ4n) is 1.60. The quantitative estimate of drug-likeness (QED) is 0.623. The Kier molecular flexibility index (Phi) is 4.88. The van der Waals surface area contributed by atoms with E-state index in [-0.39, 0.29) is 0 Å². The Morgan fingerprint density at radius 2 is 2.05 bits per heavy atom. The lowest BCUT2D eigenvalue weighted by Gasteiger charge is -2.09. The molecule has 2 aromatic rings. The number of nitrogen functional groups attached to an aromatic ring is 1. The molecule has 0 saturated heterocycles. The van der Waals surface area contributed by atoms with Crippen molar-refractivity contribution in [2.24, 2.45) is 5.92 Å². The minimum absolute atomic E-state index is 0.491. The maximum atomic E-state index is 5.96. The lowest BCUT2D eigenvalue weighted by molar-refractivity contribution is 0.548. The monoisotopic (exact) mass is 499 g/mol. The summed E-state index contributed by atoms with van der Waals surface area (Å²) in [6.07, 6.45) is 0.862. The van der Waals surface area contributed by atoms with Gasteiger partial charge in [-0.25, -0.2) is 9.97 Å². The van der Waals surface area contributed by atoms with Crippen molar-refractivity contribution in [2.75, 3.05) is 5.73 Å². The van der Waals surface area contributed by atoms with Crippen molar-refractivity contribution in [2.45, 2.75) is 20.3 Å². The second kappa shape index (κ2) is 6.09. The molecule has 2 aromatic heterocycles. The Hall–Kier alpha value is -0.150. The first-order valence-electron chi connectivity index (χ1n) is 5.65. The van der Waals surface area contributed by atoms with Crippen LogP contribution < -0.4 is 5.73 Å². The van der Waals surface area contributed by atoms with E-state index in [0.29, 0.717) is 28.0 Å². The summed E-state index contributed by atoms with van der Waals surface area (Å²) in [6, 6.07) is 1.82. The van der Waals surface area contributed by atoms with Crippen molar-refractivity contribution >= 4 is 60.3 Å². The minimum Gasteiger partial charge on any atom is -0.445 e. The van der Waals surface area contributed by atoms with E-state index in [4.69, 9.17) is 10.2 Å². The van der Waals surface area contributed by atoms with Crippen LogP contribution in [0.3, 0.4) is 0 Å². The van der Waals surface area contributed by atoms with Crippen LogP contribution in [0.4, 0.5) is 5.82 Å². The molecule has 2 N–H and O–H groups in total. The predicted molar refractivity (Wildman–Crippen MR) is 90.8 cm³/mol. The van der Waals surface area contributed by atoms with E-state index in [1.807, 2.05) is 6.07 Å². The number of hydrogen-bond acceptors (Lipinski definition) is 4. The molecule has 102 valence electrons. The Bertz CT molecular complexity index is 594. The van der Waals surface area contributed by atoms with Crippen molar-refractivity contribution in [3.63, 3.8) is 0 Å². The summed E-state index contributed by atoms with van der Waals surface area (Å²) in [4.78, 5) is 8.85. The van der Waals surface area contributed by atoms with Gasteiger partial charge in [-0.15, -0.1) is 0 Å². The molecule has 0 aliphatic carbocycles. The zero-order valence-electron chi connectivity index (χ0n) is 10.4. The number of aromatic nitrogens is 2. The van der Waals surface area contributed by atoms with Gasteiger partial charge in [-0.3, -0.25) is 0 Å². The molecule has 7 heteroatoms. The maximum absolute atomic E-state index is 5.96. The highest BCUT2D eigenvalue weighted by atomic mass is 127. The van der Waals surface area contributed by atoms with Crippen molar-refractivity contribution in [3.05, 3.63) is 24.5 Å². The van der Waals surface area contributed by atoms with E-state index in [9.17, 15) is 0 Å². The molecule has 4 nitrogen and oxygen atoms in total. The molecule has 0 radical (unpaired) electrons. The third-order valence-electron chi connectivity index (χ3n) is 2.41. The van der Waals surface area contributed by atoms with Gasteiger partial charge >= 0.3 is 0 Å². The van der Waals surface area contributed by atoms with Gasteiger partial charge in [-0.1, -0.05) is 13.8 Å². The number of halogens is 3. The average molecular weight is 501 g/mol. The summed E-state index contributed by atoms with van der Waals surface area (Å²) in [5.41, 5.74) is 6.92. The Labute approximate surface area is 142 Å². The topological polar surface area (TPSA) is 64.9 Å². The van der Waals surface area contributed by atoms with Crippen molar-refractivity contribution in [1.82, 2.24) is 9.97 Å². The van der Waals surface area contributed by atoms with Gasteiger partial charge in [0, 0.05) is 6.07 Å². The molecule has 0 saturated carbocycles. The average Bonchev–Trinajstić information content (AvgIpc) is 2.65. The summed E-state index contributed by atoms with van der Waals surface area (Å²) in [5.74, 6) is 2.10. The molecule has 0 aliphatic heterocycles. The van der Waals surface area contributed by atoms with Crippen molar-refractivity contribution in [1.29, 1.82) is 0 Å². The van der Waals surface area contributed by atoms with E-state index in [0.717, 1.165) is 20.2 Å². The first-order chi connectivity index (χ1) is 8.88. The molecule has 2 heterocycles. The highest BCUT2D eigenvalue weighted by Gasteiger charge is 2.16. The van der Waals surface area contributed by atoms with Crippen LogP contribution in [0.5, 0.6) is 0 Å². The van der Waals surface area contributed by atoms with Gasteiger partial charge in [-0.2, -0.15) is 0 Å². The molecule has 19 heavy (non-hydrogen) atoms. The molecule has 0 amide bonds. The third kappa shape index (κ3) is 3.49. The van der Waals surface area contributed by atoms with Crippen LogP contribution in [0.2, 0.25) is 0 Å². The van der Waals surface area contributed by atoms with Crippen LogP contribution in [0.15, 0.2) is 19.6 Å². The lowest BCUT2D eigenvalue weighted by Crippen LogP contribution is -2.07. The summed E-state index contributed by atoms with van der Waals surface area (Å²) >= 11 is 8.87. The molecule has 2 rings (SSSR count). The van der Waals surface area contributed by atoms with Gasteiger partial charge in [0.25, 0.3) is 0 Å². The van der Waals surface area contributed by atoms with Crippen LogP contribution in [-0.4, -0.2) is 9.97 Å². The Balaban J connectivity index is 2.49. The van der Waals surface area contributed by atoms with Gasteiger partial charge in [0.15, 0.2) is 16.3 Å². The molecule has 0 unspecified atom stereocenters. The lowest BCUT2D eigenvalue weighted by atomic mass is 10.1. The van der Waals surface area contributed by atoms with Crippen molar-refractivity contribution in [3.8, 4) is 11.6 Å². The van der Waals surface area contributed by atoms with Crippen LogP contribution in [-0.2, 0) is 6.42 Å². The van der Waals surface area contributed by atoms with Crippen molar-refractivity contribution < 1.29 is 4.42 Å². The van der Waals surface area contributed by atoms with Gasteiger partial charge in [-0.05, 0) is 66.8 Å². The Morgan fingerprint density at radius 3 is 2.58 bits per heavy atom. The zero-order chi connectivity index (χ0) is 14.2. The van der Waals surface area contributed by atoms with Crippen LogP contribution in [0, 0.1) is 9.49 Å². The molecule has 0 aliphatic rings. The number of nitrogens with zero attached hydrogens (tertiary/aromatic N) is 2. The molecule has 0 spiro atoms. The third-order valence-corrected chi connectivity index (χ3v) is 5.30. The standard InChI is InChI=1S/C12H12Br2IN3O/c1-5(2)3-7-9(15)11(16)18-12(17-7)8-4-6(13)10(14)19-8/h4-5H,3H2,1-2H3,(H2,16,17,18). The largest absolute Gasteiger partial charge is 0.445 e. The fourth-order valence-corrected chi connectivity index (χ4v) is 2.64. The summed E-state index contributed by atoms with van der Waals surface area (Å²) in [6.45, 7) is 4.29. The number of anilines is 1. The molecule has 0 aromatic carbocycles. The SMILES string of the molecule is CC(C)Cc1nc(-c2cc(Br)c(Br)o2)nc(N)c1I. The smallest absolute Gasteiger partial charge is 0.198 e. The van der Waals surface area contributed by atoms with E-state index in [1.165, 1.54) is 0 Å². The van der Waals surface area contributed by atoms with Gasteiger partial charge in [0.05, 0.1) is 13.7 Å². The number of rotatable bonds is 3. The zero-order valence-corrected chi connectivity index (χ0v) is 15.7. The summed E-state index contributed by atoms with van der Waals surface area (Å²) in [7, 11) is 0. The highest BCUT2D eigenvalue weighted by Crippen LogP contribution is 2.32. The first kappa shape index (κ1) is 15.2. The maximum Gasteiger partial charge on any atom is 0.198 e. The van der Waals surface area contributed by atoms with E-state index >= 15 is 0 Å². The van der Waals surface area contributed by atoms with Gasteiger partial charge in [0.2, 0.25) is 0 Å². The highest BCUT2D eigenvalue weighted by molar-refractivity contribution is 14.1. The molecule has 0 bridgehead atoms. The molecular formula is C12H12Br2IN3O. The molecule has 0 fully saturated rings. The van der Waals surface area contributed by atoms with Crippen LogP contribution >= 0.6 is 54.5 Å².